The van der Waals surface area contributed by atoms with Crippen LogP contribution in [0, 0.1) is 0 Å². The number of nitrogens with one attached hydrogen (secondary N) is 2. The van der Waals surface area contributed by atoms with Crippen molar-refractivity contribution in [2.24, 2.45) is 0 Å². The highest BCUT2D eigenvalue weighted by Gasteiger charge is 2.08. The predicted molar refractivity (Wildman–Crippen MR) is 96.0 cm³/mol. The fourth-order valence-electron chi connectivity index (χ4n) is 2.12. The zero-order valence-electron chi connectivity index (χ0n) is 13.8. The average Bonchev–Trinajstić information content (AvgIpc) is 2.69. The van der Waals surface area contributed by atoms with E-state index >= 15 is 0 Å². The van der Waals surface area contributed by atoms with Gasteiger partial charge in [-0.1, -0.05) is 18.2 Å². The second kappa shape index (κ2) is 8.39. The van der Waals surface area contributed by atoms with Gasteiger partial charge in [0.1, 0.15) is 5.75 Å². The molecule has 1 aromatic heterocycles. The number of nitrogens with zero attached hydrogens (tertiary/aromatic N) is 2. The molecule has 0 bridgehead atoms. The van der Waals surface area contributed by atoms with Gasteiger partial charge in [-0.3, -0.25) is 14.6 Å². The highest BCUT2D eigenvalue weighted by Crippen LogP contribution is 2.20. The third kappa shape index (κ3) is 4.88. The molecule has 0 saturated heterocycles. The molecule has 0 unspecified atom stereocenters. The first kappa shape index (κ1) is 17.1. The Morgan fingerprint density at radius 3 is 2.42 bits per heavy atom. The van der Waals surface area contributed by atoms with Gasteiger partial charge in [-0.25, -0.2) is 4.98 Å². The van der Waals surface area contributed by atoms with Crippen LogP contribution in [0.25, 0.3) is 0 Å². The van der Waals surface area contributed by atoms with E-state index in [0.717, 1.165) is 0 Å². The SMILES string of the molecule is O=C(CNC(=O)c1ccccc1)Nc1ccc(Oc2cnccn2)cc1. The van der Waals surface area contributed by atoms with E-state index in [-0.39, 0.29) is 18.4 Å². The van der Waals surface area contributed by atoms with Crippen LogP contribution in [-0.2, 0) is 4.79 Å². The van der Waals surface area contributed by atoms with Crippen LogP contribution in [0.3, 0.4) is 0 Å². The van der Waals surface area contributed by atoms with Gasteiger partial charge >= 0.3 is 0 Å². The first-order chi connectivity index (χ1) is 12.7. The Labute approximate surface area is 150 Å². The molecule has 0 aliphatic carbocycles. The van der Waals surface area contributed by atoms with Gasteiger partial charge < -0.3 is 15.4 Å². The molecule has 0 spiro atoms. The molecule has 2 aromatic carbocycles. The Morgan fingerprint density at radius 2 is 1.73 bits per heavy atom. The van der Waals surface area contributed by atoms with Gasteiger partial charge in [0.25, 0.3) is 5.91 Å². The number of benzene rings is 2. The molecule has 26 heavy (non-hydrogen) atoms. The zero-order valence-corrected chi connectivity index (χ0v) is 13.8. The van der Waals surface area contributed by atoms with Crippen molar-refractivity contribution in [3.05, 3.63) is 78.8 Å². The quantitative estimate of drug-likeness (QED) is 0.714. The second-order valence-corrected chi connectivity index (χ2v) is 5.27. The third-order valence-corrected chi connectivity index (χ3v) is 3.35. The number of amides is 2. The molecule has 0 aliphatic rings. The van der Waals surface area contributed by atoms with E-state index in [9.17, 15) is 9.59 Å². The molecule has 0 saturated carbocycles. The third-order valence-electron chi connectivity index (χ3n) is 3.35. The van der Waals surface area contributed by atoms with Crippen molar-refractivity contribution in [3.8, 4) is 11.6 Å². The number of carbonyl (C=O) groups excluding carboxylic acids is 2. The topological polar surface area (TPSA) is 93.2 Å². The molecule has 3 aromatic rings. The smallest absolute Gasteiger partial charge is 0.251 e. The van der Waals surface area contributed by atoms with Crippen molar-refractivity contribution in [1.82, 2.24) is 15.3 Å². The van der Waals surface area contributed by atoms with Crippen LogP contribution in [0.15, 0.2) is 73.2 Å². The number of hydrogen-bond acceptors (Lipinski definition) is 5. The van der Waals surface area contributed by atoms with Crippen molar-refractivity contribution in [2.45, 2.75) is 0 Å². The minimum Gasteiger partial charge on any atom is -0.438 e. The van der Waals surface area contributed by atoms with Crippen LogP contribution in [0.2, 0.25) is 0 Å². The molecule has 7 nitrogen and oxygen atoms in total. The fraction of sp³-hybridized carbons (Fsp3) is 0.0526. The Balaban J connectivity index is 1.49. The first-order valence-electron chi connectivity index (χ1n) is 7.88. The highest BCUT2D eigenvalue weighted by atomic mass is 16.5. The van der Waals surface area contributed by atoms with Crippen LogP contribution in [0.5, 0.6) is 11.6 Å². The molecular weight excluding hydrogens is 332 g/mol. The van der Waals surface area contributed by atoms with Crippen LogP contribution >= 0.6 is 0 Å². The zero-order chi connectivity index (χ0) is 18.2. The molecule has 0 fully saturated rings. The lowest BCUT2D eigenvalue weighted by molar-refractivity contribution is -0.115. The fourth-order valence-corrected chi connectivity index (χ4v) is 2.12. The number of ether oxygens (including phenoxy) is 1. The largest absolute Gasteiger partial charge is 0.438 e. The van der Waals surface area contributed by atoms with Gasteiger partial charge in [0.2, 0.25) is 11.8 Å². The van der Waals surface area contributed by atoms with Gasteiger partial charge in [0.15, 0.2) is 0 Å². The summed E-state index contributed by atoms with van der Waals surface area (Å²) in [5.41, 5.74) is 1.10. The average molecular weight is 348 g/mol. The molecule has 0 aliphatic heterocycles. The van der Waals surface area contributed by atoms with Crippen molar-refractivity contribution in [1.29, 1.82) is 0 Å². The molecule has 0 radical (unpaired) electrons. The second-order valence-electron chi connectivity index (χ2n) is 5.27. The maximum Gasteiger partial charge on any atom is 0.251 e. The van der Waals surface area contributed by atoms with E-state index in [2.05, 4.69) is 20.6 Å². The van der Waals surface area contributed by atoms with Gasteiger partial charge in [-0.05, 0) is 36.4 Å². The summed E-state index contributed by atoms with van der Waals surface area (Å²) in [5, 5.41) is 5.27. The Hall–Kier alpha value is -3.74. The van der Waals surface area contributed by atoms with E-state index in [1.807, 2.05) is 6.07 Å². The monoisotopic (exact) mass is 348 g/mol. The van der Waals surface area contributed by atoms with E-state index in [4.69, 9.17) is 4.74 Å². The summed E-state index contributed by atoms with van der Waals surface area (Å²) in [5.74, 6) is 0.333. The van der Waals surface area contributed by atoms with Crippen molar-refractivity contribution >= 4 is 17.5 Å². The molecule has 2 amide bonds. The molecule has 7 heteroatoms. The highest BCUT2D eigenvalue weighted by molar-refractivity contribution is 5.99. The summed E-state index contributed by atoms with van der Waals surface area (Å²) in [7, 11) is 0. The number of hydrogen-bond donors (Lipinski definition) is 2. The Kier molecular flexibility index (Phi) is 5.51. The summed E-state index contributed by atoms with van der Waals surface area (Å²) in [6, 6.07) is 15.5. The van der Waals surface area contributed by atoms with Gasteiger partial charge in [-0.2, -0.15) is 0 Å². The Bertz CT molecular complexity index is 868. The van der Waals surface area contributed by atoms with E-state index in [1.165, 1.54) is 12.4 Å². The number of anilines is 1. The number of carbonyl (C=O) groups is 2. The minimum absolute atomic E-state index is 0.119. The lowest BCUT2D eigenvalue weighted by Gasteiger charge is -2.08. The lowest BCUT2D eigenvalue weighted by Crippen LogP contribution is -2.32. The maximum atomic E-state index is 11.9. The maximum absolute atomic E-state index is 11.9. The molecule has 3 rings (SSSR count). The van der Waals surface area contributed by atoms with Crippen molar-refractivity contribution < 1.29 is 14.3 Å². The van der Waals surface area contributed by atoms with Crippen molar-refractivity contribution in [3.63, 3.8) is 0 Å². The summed E-state index contributed by atoms with van der Waals surface area (Å²) in [6.45, 7) is -0.119. The normalized spacial score (nSPS) is 10.0. The minimum atomic E-state index is -0.322. The van der Waals surface area contributed by atoms with Gasteiger partial charge in [0, 0.05) is 23.6 Å². The summed E-state index contributed by atoms with van der Waals surface area (Å²) in [4.78, 5) is 31.8. The van der Waals surface area contributed by atoms with E-state index in [0.29, 0.717) is 22.9 Å². The van der Waals surface area contributed by atoms with E-state index in [1.54, 1.807) is 54.7 Å². The summed E-state index contributed by atoms with van der Waals surface area (Å²) < 4.78 is 5.52. The van der Waals surface area contributed by atoms with Crippen LogP contribution in [0.1, 0.15) is 10.4 Å². The standard InChI is InChI=1S/C19H16N4O3/c24-17(12-22-19(25)14-4-2-1-3-5-14)23-15-6-8-16(9-7-15)26-18-13-20-10-11-21-18/h1-11,13H,12H2,(H,22,25)(H,23,24). The summed E-state index contributed by atoms with van der Waals surface area (Å²) in [6.07, 6.45) is 4.60. The van der Waals surface area contributed by atoms with Crippen molar-refractivity contribution in [2.75, 3.05) is 11.9 Å². The first-order valence-corrected chi connectivity index (χ1v) is 7.88. The van der Waals surface area contributed by atoms with Gasteiger partial charge in [0.05, 0.1) is 12.7 Å². The van der Waals surface area contributed by atoms with E-state index < -0.39 is 0 Å². The van der Waals surface area contributed by atoms with Crippen LogP contribution < -0.4 is 15.4 Å². The van der Waals surface area contributed by atoms with Crippen LogP contribution in [0.4, 0.5) is 5.69 Å². The summed E-state index contributed by atoms with van der Waals surface area (Å²) >= 11 is 0. The lowest BCUT2D eigenvalue weighted by atomic mass is 10.2. The molecule has 1 heterocycles. The predicted octanol–water partition coefficient (Wildman–Crippen LogP) is 2.64. The molecular formula is C19H16N4O3. The molecule has 0 atom stereocenters. The molecule has 130 valence electrons. The number of rotatable bonds is 6. The van der Waals surface area contributed by atoms with Gasteiger partial charge in [-0.15, -0.1) is 0 Å². The van der Waals surface area contributed by atoms with Crippen LogP contribution in [-0.4, -0.2) is 28.3 Å². The molecule has 2 N–H and O–H groups in total. The number of aromatic nitrogens is 2. The Morgan fingerprint density at radius 1 is 0.962 bits per heavy atom.